The average molecular weight is 181 g/mol. The smallest absolute Gasteiger partial charge is 0.0492 e. The van der Waals surface area contributed by atoms with Crippen molar-refractivity contribution in [1.29, 1.82) is 0 Å². The van der Waals surface area contributed by atoms with Crippen LogP contribution < -0.4 is 5.73 Å². The first-order valence-corrected chi connectivity index (χ1v) is 5.00. The Bertz CT molecular complexity index is 240. The summed E-state index contributed by atoms with van der Waals surface area (Å²) in [5.74, 6) is 0. The first kappa shape index (κ1) is 10.3. The lowest BCUT2D eigenvalue weighted by Crippen LogP contribution is -2.16. The zero-order chi connectivity index (χ0) is 9.68. The Morgan fingerprint density at radius 2 is 2.38 bits per heavy atom. The maximum Gasteiger partial charge on any atom is 0.0492 e. The number of aromatic nitrogens is 2. The highest BCUT2D eigenvalue weighted by molar-refractivity contribution is 5.00. The zero-order valence-corrected chi connectivity index (χ0v) is 8.53. The molecule has 2 N–H and O–H groups in total. The molecule has 1 heterocycles. The molecule has 3 nitrogen and oxygen atoms in total. The van der Waals surface area contributed by atoms with Crippen LogP contribution in [0, 0.1) is 0 Å². The third kappa shape index (κ3) is 3.19. The highest BCUT2D eigenvalue weighted by atomic mass is 15.3. The van der Waals surface area contributed by atoms with Gasteiger partial charge in [-0.25, -0.2) is 0 Å². The second-order valence-corrected chi connectivity index (χ2v) is 3.56. The van der Waals surface area contributed by atoms with Crippen LogP contribution in [0.1, 0.15) is 32.4 Å². The van der Waals surface area contributed by atoms with E-state index in [1.165, 1.54) is 5.69 Å². The Hall–Kier alpha value is -0.830. The van der Waals surface area contributed by atoms with Gasteiger partial charge in [-0.3, -0.25) is 4.68 Å². The van der Waals surface area contributed by atoms with Gasteiger partial charge in [0.1, 0.15) is 0 Å². The van der Waals surface area contributed by atoms with Gasteiger partial charge in [0.05, 0.1) is 0 Å². The van der Waals surface area contributed by atoms with Crippen molar-refractivity contribution >= 4 is 0 Å². The quantitative estimate of drug-likeness (QED) is 0.749. The van der Waals surface area contributed by atoms with Crippen molar-refractivity contribution < 1.29 is 0 Å². The molecule has 0 fully saturated rings. The topological polar surface area (TPSA) is 43.8 Å². The minimum atomic E-state index is 0.282. The summed E-state index contributed by atoms with van der Waals surface area (Å²) in [6, 6.07) is 2.36. The summed E-state index contributed by atoms with van der Waals surface area (Å²) in [7, 11) is 0. The molecule has 0 amide bonds. The summed E-state index contributed by atoms with van der Waals surface area (Å²) in [5, 5.41) is 4.26. The third-order valence-electron chi connectivity index (χ3n) is 2.10. The van der Waals surface area contributed by atoms with E-state index in [4.69, 9.17) is 5.73 Å². The molecule has 0 aliphatic rings. The lowest BCUT2D eigenvalue weighted by molar-refractivity contribution is 0.554. The van der Waals surface area contributed by atoms with Crippen molar-refractivity contribution in [3.8, 4) is 0 Å². The summed E-state index contributed by atoms with van der Waals surface area (Å²) in [4.78, 5) is 0. The van der Waals surface area contributed by atoms with Gasteiger partial charge in [0.25, 0.3) is 0 Å². The van der Waals surface area contributed by atoms with Crippen LogP contribution in [0.15, 0.2) is 12.3 Å². The van der Waals surface area contributed by atoms with E-state index in [9.17, 15) is 0 Å². The number of aryl methyl sites for hydroxylation is 2. The van der Waals surface area contributed by atoms with Crippen LogP contribution in [0.2, 0.25) is 0 Å². The molecule has 0 aliphatic carbocycles. The highest BCUT2D eigenvalue weighted by Crippen LogP contribution is 2.04. The lowest BCUT2D eigenvalue weighted by atomic mass is 10.1. The van der Waals surface area contributed by atoms with E-state index in [0.29, 0.717) is 0 Å². The Balaban J connectivity index is 2.49. The van der Waals surface area contributed by atoms with Gasteiger partial charge in [-0.15, -0.1) is 0 Å². The SMILES string of the molecule is CCCn1nccc1CCC(C)N. The monoisotopic (exact) mass is 181 g/mol. The van der Waals surface area contributed by atoms with E-state index in [-0.39, 0.29) is 6.04 Å². The van der Waals surface area contributed by atoms with E-state index in [1.807, 2.05) is 13.1 Å². The molecule has 0 bridgehead atoms. The molecule has 1 rings (SSSR count). The second kappa shape index (κ2) is 5.02. The van der Waals surface area contributed by atoms with E-state index in [0.717, 1.165) is 25.8 Å². The molecule has 74 valence electrons. The number of hydrogen-bond acceptors (Lipinski definition) is 2. The average Bonchev–Trinajstić information content (AvgIpc) is 2.49. The van der Waals surface area contributed by atoms with Crippen molar-refractivity contribution in [2.75, 3.05) is 0 Å². The molecule has 3 heteroatoms. The first-order chi connectivity index (χ1) is 6.24. The van der Waals surface area contributed by atoms with Crippen molar-refractivity contribution in [2.45, 2.75) is 45.7 Å². The first-order valence-electron chi connectivity index (χ1n) is 5.00. The number of nitrogens with two attached hydrogens (primary N) is 1. The largest absolute Gasteiger partial charge is 0.328 e. The molecule has 1 aromatic rings. The number of hydrogen-bond donors (Lipinski definition) is 1. The Morgan fingerprint density at radius 3 is 3.00 bits per heavy atom. The predicted octanol–water partition coefficient (Wildman–Crippen LogP) is 1.57. The Morgan fingerprint density at radius 1 is 1.62 bits per heavy atom. The summed E-state index contributed by atoms with van der Waals surface area (Å²) in [5.41, 5.74) is 7.01. The van der Waals surface area contributed by atoms with E-state index >= 15 is 0 Å². The fourth-order valence-corrected chi connectivity index (χ4v) is 1.36. The molecule has 0 saturated carbocycles. The van der Waals surface area contributed by atoms with Crippen LogP contribution in [0.25, 0.3) is 0 Å². The maximum absolute atomic E-state index is 5.70. The van der Waals surface area contributed by atoms with Crippen molar-refractivity contribution in [3.05, 3.63) is 18.0 Å². The van der Waals surface area contributed by atoms with E-state index < -0.39 is 0 Å². The van der Waals surface area contributed by atoms with Gasteiger partial charge < -0.3 is 5.73 Å². The van der Waals surface area contributed by atoms with E-state index in [2.05, 4.69) is 22.8 Å². The fraction of sp³-hybridized carbons (Fsp3) is 0.700. The van der Waals surface area contributed by atoms with E-state index in [1.54, 1.807) is 0 Å². The normalized spacial score (nSPS) is 13.2. The zero-order valence-electron chi connectivity index (χ0n) is 8.53. The highest BCUT2D eigenvalue weighted by Gasteiger charge is 2.02. The van der Waals surface area contributed by atoms with Gasteiger partial charge >= 0.3 is 0 Å². The standard InChI is InChI=1S/C10H19N3/c1-3-8-13-10(6-7-12-13)5-4-9(2)11/h6-7,9H,3-5,8,11H2,1-2H3. The van der Waals surface area contributed by atoms with Gasteiger partial charge in [-0.2, -0.15) is 5.10 Å². The van der Waals surface area contributed by atoms with Gasteiger partial charge in [-0.1, -0.05) is 6.92 Å². The third-order valence-corrected chi connectivity index (χ3v) is 2.10. The molecular formula is C10H19N3. The molecule has 13 heavy (non-hydrogen) atoms. The fourth-order valence-electron chi connectivity index (χ4n) is 1.36. The predicted molar refractivity (Wildman–Crippen MR) is 54.5 cm³/mol. The number of nitrogens with zero attached hydrogens (tertiary/aromatic N) is 2. The van der Waals surface area contributed by atoms with Gasteiger partial charge in [0, 0.05) is 24.5 Å². The van der Waals surface area contributed by atoms with Crippen molar-refractivity contribution in [2.24, 2.45) is 5.73 Å². The summed E-state index contributed by atoms with van der Waals surface area (Å²) in [6.07, 6.45) is 5.08. The molecule has 1 atom stereocenters. The van der Waals surface area contributed by atoms with Crippen molar-refractivity contribution in [1.82, 2.24) is 9.78 Å². The molecule has 1 unspecified atom stereocenters. The van der Waals surface area contributed by atoms with Gasteiger partial charge in [0.2, 0.25) is 0 Å². The number of rotatable bonds is 5. The molecule has 0 saturated heterocycles. The second-order valence-electron chi connectivity index (χ2n) is 3.56. The van der Waals surface area contributed by atoms with Crippen LogP contribution in [-0.4, -0.2) is 15.8 Å². The minimum Gasteiger partial charge on any atom is -0.328 e. The lowest BCUT2D eigenvalue weighted by Gasteiger charge is -2.07. The van der Waals surface area contributed by atoms with Crippen LogP contribution in [0.4, 0.5) is 0 Å². The molecule has 1 aromatic heterocycles. The Labute approximate surface area is 79.9 Å². The van der Waals surface area contributed by atoms with Crippen molar-refractivity contribution in [3.63, 3.8) is 0 Å². The summed E-state index contributed by atoms with van der Waals surface area (Å²) < 4.78 is 2.07. The minimum absolute atomic E-state index is 0.282. The van der Waals surface area contributed by atoms with Crippen LogP contribution in [0.3, 0.4) is 0 Å². The van der Waals surface area contributed by atoms with Gasteiger partial charge in [-0.05, 0) is 32.3 Å². The molecule has 0 aromatic carbocycles. The summed E-state index contributed by atoms with van der Waals surface area (Å²) >= 11 is 0. The van der Waals surface area contributed by atoms with Crippen LogP contribution >= 0.6 is 0 Å². The molecule has 0 spiro atoms. The molecule has 0 radical (unpaired) electrons. The van der Waals surface area contributed by atoms with Gasteiger partial charge in [0.15, 0.2) is 0 Å². The summed E-state index contributed by atoms with van der Waals surface area (Å²) in [6.45, 7) is 5.22. The van der Waals surface area contributed by atoms with Crippen LogP contribution in [0.5, 0.6) is 0 Å². The molecule has 0 aliphatic heterocycles. The molecular weight excluding hydrogens is 162 g/mol. The van der Waals surface area contributed by atoms with Crippen LogP contribution in [-0.2, 0) is 13.0 Å². The maximum atomic E-state index is 5.70. The Kier molecular flexibility index (Phi) is 3.96.